The van der Waals surface area contributed by atoms with Crippen molar-refractivity contribution in [3.05, 3.63) is 27.5 Å². The fourth-order valence-electron chi connectivity index (χ4n) is 2.18. The van der Waals surface area contributed by atoms with Gasteiger partial charge in [0.15, 0.2) is 0 Å². The summed E-state index contributed by atoms with van der Waals surface area (Å²) >= 11 is 10.8. The maximum Gasteiger partial charge on any atom is 0.257 e. The van der Waals surface area contributed by atoms with E-state index in [1.807, 2.05) is 6.26 Å². The Labute approximate surface area is 135 Å². The van der Waals surface area contributed by atoms with Gasteiger partial charge in [-0.05, 0) is 41.1 Å². The van der Waals surface area contributed by atoms with Gasteiger partial charge in [0.2, 0.25) is 0 Å². The van der Waals surface area contributed by atoms with Crippen LogP contribution in [0.25, 0.3) is 0 Å². The first-order chi connectivity index (χ1) is 9.51. The zero-order valence-corrected chi connectivity index (χ0v) is 14.1. The van der Waals surface area contributed by atoms with Crippen LogP contribution in [0.2, 0.25) is 5.15 Å². The monoisotopic (exact) mass is 373 g/mol. The second kappa shape index (κ2) is 6.33. The molecule has 0 spiro atoms. The third-order valence-corrected chi connectivity index (χ3v) is 5.50. The second-order valence-electron chi connectivity index (χ2n) is 4.59. The zero-order chi connectivity index (χ0) is 14.8. The average Bonchev–Trinajstić information content (AvgIpc) is 2.49. The molecule has 7 heteroatoms. The van der Waals surface area contributed by atoms with Crippen molar-refractivity contribution in [3.8, 4) is 6.07 Å². The van der Waals surface area contributed by atoms with Gasteiger partial charge in [0.1, 0.15) is 9.90 Å². The van der Waals surface area contributed by atoms with Crippen molar-refractivity contribution in [3.63, 3.8) is 0 Å². The van der Waals surface area contributed by atoms with Crippen molar-refractivity contribution in [2.45, 2.75) is 17.6 Å². The van der Waals surface area contributed by atoms with E-state index < -0.39 is 0 Å². The molecule has 1 aliphatic heterocycles. The highest BCUT2D eigenvalue weighted by Crippen LogP contribution is 2.34. The van der Waals surface area contributed by atoms with E-state index >= 15 is 0 Å². The topological polar surface area (TPSA) is 57.0 Å². The number of likely N-dealkylation sites (tertiary alicyclic amines) is 1. The van der Waals surface area contributed by atoms with Crippen LogP contribution >= 0.6 is 39.3 Å². The molecule has 1 aromatic rings. The van der Waals surface area contributed by atoms with Crippen LogP contribution in [0.5, 0.6) is 0 Å². The molecule has 0 saturated carbocycles. The van der Waals surface area contributed by atoms with Crippen LogP contribution in [-0.2, 0) is 0 Å². The van der Waals surface area contributed by atoms with Crippen LogP contribution in [0.1, 0.15) is 23.2 Å². The molecule has 20 heavy (non-hydrogen) atoms. The number of carbonyl (C=O) groups is 1. The van der Waals surface area contributed by atoms with E-state index in [1.165, 1.54) is 0 Å². The van der Waals surface area contributed by atoms with Gasteiger partial charge in [-0.3, -0.25) is 4.79 Å². The molecule has 0 atom stereocenters. The number of aromatic nitrogens is 1. The second-order valence-corrected chi connectivity index (χ2v) is 7.06. The molecule has 2 rings (SSSR count). The summed E-state index contributed by atoms with van der Waals surface area (Å²) in [7, 11) is 0. The van der Waals surface area contributed by atoms with E-state index in [9.17, 15) is 10.1 Å². The van der Waals surface area contributed by atoms with Gasteiger partial charge in [-0.15, -0.1) is 11.8 Å². The molecule has 1 amide bonds. The summed E-state index contributed by atoms with van der Waals surface area (Å²) in [5, 5.41) is 9.46. The van der Waals surface area contributed by atoms with Gasteiger partial charge in [0, 0.05) is 23.8 Å². The van der Waals surface area contributed by atoms with E-state index in [4.69, 9.17) is 11.6 Å². The minimum atomic E-state index is -0.365. The van der Waals surface area contributed by atoms with E-state index in [1.54, 1.807) is 28.9 Å². The number of nitriles is 1. The van der Waals surface area contributed by atoms with Gasteiger partial charge >= 0.3 is 0 Å². The molecule has 0 aliphatic carbocycles. The summed E-state index contributed by atoms with van der Waals surface area (Å²) in [6.07, 6.45) is 4.85. The average molecular weight is 375 g/mol. The zero-order valence-electron chi connectivity index (χ0n) is 10.9. The highest BCUT2D eigenvalue weighted by molar-refractivity contribution is 9.10. The first kappa shape index (κ1) is 15.6. The number of pyridine rings is 1. The molecule has 0 aromatic carbocycles. The smallest absolute Gasteiger partial charge is 0.257 e. The Morgan fingerprint density at radius 3 is 2.80 bits per heavy atom. The van der Waals surface area contributed by atoms with Crippen LogP contribution in [-0.4, -0.2) is 39.9 Å². The Kier molecular flexibility index (Phi) is 4.95. The number of amides is 1. The summed E-state index contributed by atoms with van der Waals surface area (Å²) < 4.78 is 0.355. The van der Waals surface area contributed by atoms with Gasteiger partial charge in [-0.2, -0.15) is 5.26 Å². The Bertz CT molecular complexity index is 567. The number of hydrogen-bond donors (Lipinski definition) is 0. The van der Waals surface area contributed by atoms with E-state index in [-0.39, 0.29) is 15.8 Å². The van der Waals surface area contributed by atoms with Crippen LogP contribution < -0.4 is 0 Å². The maximum absolute atomic E-state index is 12.5. The first-order valence-corrected chi connectivity index (χ1v) is 8.47. The number of hydrogen-bond acceptors (Lipinski definition) is 4. The number of thioether (sulfide) groups is 1. The largest absolute Gasteiger partial charge is 0.338 e. The molecule has 1 fully saturated rings. The molecule has 0 N–H and O–H groups in total. The predicted octanol–water partition coefficient (Wildman–Crippen LogP) is 3.36. The van der Waals surface area contributed by atoms with Crippen molar-refractivity contribution in [2.24, 2.45) is 0 Å². The first-order valence-electron chi connectivity index (χ1n) is 6.08. The maximum atomic E-state index is 12.5. The highest BCUT2D eigenvalue weighted by Gasteiger charge is 2.36. The molecular weight excluding hydrogens is 362 g/mol. The van der Waals surface area contributed by atoms with Crippen LogP contribution in [0.15, 0.2) is 16.7 Å². The summed E-state index contributed by atoms with van der Waals surface area (Å²) in [6, 6.07) is 4.04. The lowest BCUT2D eigenvalue weighted by molar-refractivity contribution is 0.0716. The normalized spacial score (nSPS) is 17.6. The molecule has 4 nitrogen and oxygen atoms in total. The minimum Gasteiger partial charge on any atom is -0.338 e. The van der Waals surface area contributed by atoms with Crippen LogP contribution in [0, 0.1) is 11.3 Å². The van der Waals surface area contributed by atoms with E-state index in [0.717, 1.165) is 4.47 Å². The van der Waals surface area contributed by atoms with Gasteiger partial charge < -0.3 is 4.90 Å². The molecule has 1 aliphatic rings. The fraction of sp³-hybridized carbons (Fsp3) is 0.462. The van der Waals surface area contributed by atoms with Crippen molar-refractivity contribution in [2.75, 3.05) is 19.3 Å². The van der Waals surface area contributed by atoms with Crippen molar-refractivity contribution >= 4 is 45.2 Å². The number of piperidine rings is 1. The van der Waals surface area contributed by atoms with E-state index in [2.05, 4.69) is 27.0 Å². The Hall–Kier alpha value is -0.770. The summed E-state index contributed by atoms with van der Waals surface area (Å²) in [4.78, 5) is 18.2. The molecule has 2 heterocycles. The quantitative estimate of drug-likeness (QED) is 0.745. The number of carbonyl (C=O) groups excluding carboxylic acids is 1. The molecule has 0 radical (unpaired) electrons. The third-order valence-electron chi connectivity index (χ3n) is 3.49. The van der Waals surface area contributed by atoms with Gasteiger partial charge in [0.25, 0.3) is 5.91 Å². The van der Waals surface area contributed by atoms with Gasteiger partial charge in [0.05, 0.1) is 11.6 Å². The summed E-state index contributed by atoms with van der Waals surface area (Å²) in [5.41, 5.74) is 0.398. The third kappa shape index (κ3) is 3.11. The molecular formula is C13H13BrClN3OS. The molecule has 106 valence electrons. The minimum absolute atomic E-state index is 0.128. The standard InChI is InChI=1S/C13H13BrClN3OS/c1-20-13(8-16)2-4-18(5-3-13)12(19)10-6-9(14)7-17-11(10)15/h6-7H,2-5H2,1H3. The summed E-state index contributed by atoms with van der Waals surface area (Å²) in [6.45, 7) is 1.13. The lowest BCUT2D eigenvalue weighted by Gasteiger charge is -2.36. The molecule has 0 bridgehead atoms. The molecule has 1 saturated heterocycles. The number of halogens is 2. The SMILES string of the molecule is CSC1(C#N)CCN(C(=O)c2cc(Br)cnc2Cl)CC1. The van der Waals surface area contributed by atoms with Gasteiger partial charge in [-0.1, -0.05) is 11.6 Å². The van der Waals surface area contributed by atoms with Crippen molar-refractivity contribution in [1.29, 1.82) is 5.26 Å². The van der Waals surface area contributed by atoms with Crippen molar-refractivity contribution < 1.29 is 4.79 Å². The van der Waals surface area contributed by atoms with Crippen molar-refractivity contribution in [1.82, 2.24) is 9.88 Å². The van der Waals surface area contributed by atoms with E-state index in [0.29, 0.717) is 31.5 Å². The lowest BCUT2D eigenvalue weighted by atomic mass is 9.97. The molecule has 1 aromatic heterocycles. The lowest BCUT2D eigenvalue weighted by Crippen LogP contribution is -2.44. The van der Waals surface area contributed by atoms with Gasteiger partial charge in [-0.25, -0.2) is 4.98 Å². The summed E-state index contributed by atoms with van der Waals surface area (Å²) in [5.74, 6) is -0.128. The number of rotatable bonds is 2. The predicted molar refractivity (Wildman–Crippen MR) is 83.9 cm³/mol. The Morgan fingerprint density at radius 2 is 2.25 bits per heavy atom. The number of nitrogens with zero attached hydrogens (tertiary/aromatic N) is 3. The van der Waals surface area contributed by atoms with Crippen LogP contribution in [0.4, 0.5) is 0 Å². The highest BCUT2D eigenvalue weighted by atomic mass is 79.9. The Balaban J connectivity index is 2.13. The fourth-order valence-corrected chi connectivity index (χ4v) is 3.37. The molecule has 0 unspecified atom stereocenters. The Morgan fingerprint density at radius 1 is 1.60 bits per heavy atom. The van der Waals surface area contributed by atoms with Crippen LogP contribution in [0.3, 0.4) is 0 Å².